The zero-order chi connectivity index (χ0) is 26.0. The SMILES string of the molecule is O=S(=O)(NCc1ccccc1)c1ccc(O)cc1.O=S(=O)(NCc1ccccc1)c1ccc(O)cc1. The fraction of sp³-hybridized carbons (Fsp3) is 0.0769. The van der Waals surface area contributed by atoms with Gasteiger partial charge in [-0.2, -0.15) is 0 Å². The predicted octanol–water partition coefficient (Wildman–Crippen LogP) is 3.74. The van der Waals surface area contributed by atoms with E-state index in [9.17, 15) is 16.8 Å². The number of sulfonamides is 2. The topological polar surface area (TPSA) is 133 Å². The third kappa shape index (κ3) is 8.21. The van der Waals surface area contributed by atoms with E-state index in [0.717, 1.165) is 11.1 Å². The third-order valence-corrected chi connectivity index (χ3v) is 7.75. The lowest BCUT2D eigenvalue weighted by Gasteiger charge is -2.06. The Morgan fingerprint density at radius 3 is 1.08 bits per heavy atom. The summed E-state index contributed by atoms with van der Waals surface area (Å²) in [4.78, 5) is 0.271. The summed E-state index contributed by atoms with van der Waals surface area (Å²) in [5.74, 6) is 0.0778. The Kier molecular flexibility index (Phi) is 9.20. The quantitative estimate of drug-likeness (QED) is 0.276. The van der Waals surface area contributed by atoms with Crippen molar-refractivity contribution in [1.82, 2.24) is 9.44 Å². The largest absolute Gasteiger partial charge is 0.508 e. The molecule has 4 rings (SSSR count). The standard InChI is InChI=1S/2C13H13NO3S/c2*15-12-6-8-13(9-7-12)18(16,17)14-10-11-4-2-1-3-5-11/h2*1-9,14-15H,10H2. The van der Waals surface area contributed by atoms with Crippen LogP contribution in [-0.4, -0.2) is 27.0 Å². The maximum Gasteiger partial charge on any atom is 0.240 e. The van der Waals surface area contributed by atoms with Crippen LogP contribution in [0.25, 0.3) is 0 Å². The highest BCUT2D eigenvalue weighted by atomic mass is 32.2. The summed E-state index contributed by atoms with van der Waals surface area (Å²) in [7, 11) is -7.07. The van der Waals surface area contributed by atoms with E-state index in [1.54, 1.807) is 0 Å². The van der Waals surface area contributed by atoms with E-state index in [-0.39, 0.29) is 34.4 Å². The minimum atomic E-state index is -3.54. The number of hydrogen-bond donors (Lipinski definition) is 4. The van der Waals surface area contributed by atoms with Crippen molar-refractivity contribution in [1.29, 1.82) is 0 Å². The lowest BCUT2D eigenvalue weighted by molar-refractivity contribution is 0.474. The Hall–Kier alpha value is -3.70. The van der Waals surface area contributed by atoms with Gasteiger partial charge in [-0.3, -0.25) is 0 Å². The van der Waals surface area contributed by atoms with Gasteiger partial charge in [-0.05, 0) is 59.7 Å². The third-order valence-electron chi connectivity index (χ3n) is 4.91. The van der Waals surface area contributed by atoms with Gasteiger partial charge in [0.05, 0.1) is 9.79 Å². The summed E-state index contributed by atoms with van der Waals surface area (Å²) < 4.78 is 52.7. The molecule has 0 unspecified atom stereocenters. The maximum absolute atomic E-state index is 11.9. The van der Waals surface area contributed by atoms with Crippen molar-refractivity contribution < 1.29 is 27.0 Å². The molecule has 0 bridgehead atoms. The van der Waals surface area contributed by atoms with Gasteiger partial charge in [0, 0.05) is 13.1 Å². The summed E-state index contributed by atoms with van der Waals surface area (Å²) in [6.45, 7) is 0.480. The van der Waals surface area contributed by atoms with Crippen molar-refractivity contribution in [2.45, 2.75) is 22.9 Å². The second kappa shape index (κ2) is 12.3. The molecule has 0 aliphatic rings. The minimum Gasteiger partial charge on any atom is -0.508 e. The molecule has 188 valence electrons. The van der Waals surface area contributed by atoms with Crippen LogP contribution >= 0.6 is 0 Å². The average molecular weight is 527 g/mol. The molecule has 10 heteroatoms. The van der Waals surface area contributed by atoms with Gasteiger partial charge in [0.25, 0.3) is 0 Å². The van der Waals surface area contributed by atoms with E-state index in [1.165, 1.54) is 48.5 Å². The van der Waals surface area contributed by atoms with Crippen LogP contribution in [0.4, 0.5) is 0 Å². The van der Waals surface area contributed by atoms with E-state index in [1.807, 2.05) is 60.7 Å². The average Bonchev–Trinajstić information content (AvgIpc) is 2.89. The molecule has 0 aliphatic heterocycles. The van der Waals surface area contributed by atoms with E-state index in [4.69, 9.17) is 10.2 Å². The molecule has 0 atom stereocenters. The summed E-state index contributed by atoms with van der Waals surface area (Å²) in [6, 6.07) is 29.4. The highest BCUT2D eigenvalue weighted by Crippen LogP contribution is 2.15. The van der Waals surface area contributed by atoms with Gasteiger partial charge in [0.2, 0.25) is 20.0 Å². The molecule has 4 aromatic carbocycles. The van der Waals surface area contributed by atoms with Crippen LogP contribution in [0.3, 0.4) is 0 Å². The Labute approximate surface area is 211 Å². The van der Waals surface area contributed by atoms with Gasteiger partial charge in [0.15, 0.2) is 0 Å². The fourth-order valence-electron chi connectivity index (χ4n) is 2.97. The molecule has 0 aromatic heterocycles. The molecular weight excluding hydrogens is 500 g/mol. The molecule has 0 amide bonds. The Morgan fingerprint density at radius 2 is 0.778 bits per heavy atom. The number of aromatic hydroxyl groups is 2. The van der Waals surface area contributed by atoms with E-state index in [0.29, 0.717) is 0 Å². The predicted molar refractivity (Wildman–Crippen MR) is 137 cm³/mol. The van der Waals surface area contributed by atoms with Gasteiger partial charge in [0.1, 0.15) is 11.5 Å². The van der Waals surface area contributed by atoms with E-state index < -0.39 is 20.0 Å². The summed E-state index contributed by atoms with van der Waals surface area (Å²) >= 11 is 0. The fourth-order valence-corrected chi connectivity index (χ4v) is 5.00. The summed E-state index contributed by atoms with van der Waals surface area (Å²) in [5.41, 5.74) is 1.78. The molecule has 4 aromatic rings. The van der Waals surface area contributed by atoms with Crippen LogP contribution in [0, 0.1) is 0 Å². The lowest BCUT2D eigenvalue weighted by Crippen LogP contribution is -2.23. The molecule has 0 radical (unpaired) electrons. The van der Waals surface area contributed by atoms with Crippen molar-refractivity contribution in [3.8, 4) is 11.5 Å². The Balaban J connectivity index is 0.000000201. The Morgan fingerprint density at radius 1 is 0.472 bits per heavy atom. The van der Waals surface area contributed by atoms with E-state index in [2.05, 4.69) is 9.44 Å². The zero-order valence-electron chi connectivity index (χ0n) is 19.2. The van der Waals surface area contributed by atoms with Crippen LogP contribution < -0.4 is 9.44 Å². The number of rotatable bonds is 8. The summed E-state index contributed by atoms with van der Waals surface area (Å²) in [5, 5.41) is 18.2. The molecule has 0 spiro atoms. The van der Waals surface area contributed by atoms with Gasteiger partial charge in [-0.1, -0.05) is 60.7 Å². The lowest BCUT2D eigenvalue weighted by atomic mass is 10.2. The van der Waals surface area contributed by atoms with Gasteiger partial charge >= 0.3 is 0 Å². The number of phenolic OH excluding ortho intramolecular Hbond substituents is 2. The summed E-state index contributed by atoms with van der Waals surface area (Å²) in [6.07, 6.45) is 0. The first-order chi connectivity index (χ1) is 17.2. The number of phenols is 2. The normalized spacial score (nSPS) is 11.3. The number of benzene rings is 4. The first-order valence-corrected chi connectivity index (χ1v) is 13.8. The van der Waals surface area contributed by atoms with Crippen LogP contribution in [0.5, 0.6) is 11.5 Å². The molecule has 36 heavy (non-hydrogen) atoms. The monoisotopic (exact) mass is 526 g/mol. The Bertz CT molecular complexity index is 1330. The highest BCUT2D eigenvalue weighted by Gasteiger charge is 2.14. The molecule has 0 heterocycles. The van der Waals surface area contributed by atoms with E-state index >= 15 is 0 Å². The first-order valence-electron chi connectivity index (χ1n) is 10.8. The zero-order valence-corrected chi connectivity index (χ0v) is 20.8. The molecule has 0 saturated carbocycles. The molecule has 0 aliphatic carbocycles. The smallest absolute Gasteiger partial charge is 0.240 e. The van der Waals surface area contributed by atoms with Crippen molar-refractivity contribution in [3.63, 3.8) is 0 Å². The number of nitrogens with one attached hydrogen (secondary N) is 2. The van der Waals surface area contributed by atoms with Crippen LogP contribution in [0.1, 0.15) is 11.1 Å². The van der Waals surface area contributed by atoms with Crippen molar-refractivity contribution in [2.75, 3.05) is 0 Å². The van der Waals surface area contributed by atoms with Crippen LogP contribution in [-0.2, 0) is 33.1 Å². The second-order valence-electron chi connectivity index (χ2n) is 7.61. The van der Waals surface area contributed by atoms with Gasteiger partial charge in [-0.15, -0.1) is 0 Å². The van der Waals surface area contributed by atoms with Gasteiger partial charge < -0.3 is 10.2 Å². The van der Waals surface area contributed by atoms with Crippen LogP contribution in [0.15, 0.2) is 119 Å². The highest BCUT2D eigenvalue weighted by molar-refractivity contribution is 7.89. The molecule has 8 nitrogen and oxygen atoms in total. The van der Waals surface area contributed by atoms with Crippen molar-refractivity contribution >= 4 is 20.0 Å². The maximum atomic E-state index is 11.9. The molecular formula is C26H26N2O6S2. The minimum absolute atomic E-state index is 0.0389. The first kappa shape index (κ1) is 26.9. The van der Waals surface area contributed by atoms with Gasteiger partial charge in [-0.25, -0.2) is 26.3 Å². The number of hydrogen-bond acceptors (Lipinski definition) is 6. The van der Waals surface area contributed by atoms with Crippen molar-refractivity contribution in [2.24, 2.45) is 0 Å². The molecule has 0 saturated heterocycles. The second-order valence-corrected chi connectivity index (χ2v) is 11.1. The molecule has 4 N–H and O–H groups in total. The van der Waals surface area contributed by atoms with Crippen molar-refractivity contribution in [3.05, 3.63) is 120 Å². The molecule has 0 fully saturated rings. The van der Waals surface area contributed by atoms with Crippen LogP contribution in [0.2, 0.25) is 0 Å².